The SMILES string of the molecule is Nc1nc2c(s1)[C@H](c1cccc3ccccc13)CC(=O)N2. The van der Waals surface area contributed by atoms with Gasteiger partial charge in [-0.2, -0.15) is 0 Å². The number of carbonyl (C=O) groups excluding carboxylic acids is 1. The summed E-state index contributed by atoms with van der Waals surface area (Å²) >= 11 is 1.46. The van der Waals surface area contributed by atoms with Crippen molar-refractivity contribution in [2.45, 2.75) is 12.3 Å². The first kappa shape index (κ1) is 12.3. The van der Waals surface area contributed by atoms with Crippen molar-refractivity contribution in [3.05, 3.63) is 52.9 Å². The van der Waals surface area contributed by atoms with E-state index in [0.29, 0.717) is 17.4 Å². The summed E-state index contributed by atoms with van der Waals surface area (Å²) in [6.07, 6.45) is 0.433. The van der Waals surface area contributed by atoms with Crippen molar-refractivity contribution in [1.29, 1.82) is 0 Å². The van der Waals surface area contributed by atoms with Crippen LogP contribution < -0.4 is 11.1 Å². The highest BCUT2D eigenvalue weighted by Crippen LogP contribution is 2.43. The minimum Gasteiger partial charge on any atom is -0.375 e. The number of thiazole rings is 1. The molecular formula is C16H13N3OS. The van der Waals surface area contributed by atoms with E-state index >= 15 is 0 Å². The van der Waals surface area contributed by atoms with Gasteiger partial charge in [-0.3, -0.25) is 4.79 Å². The van der Waals surface area contributed by atoms with Crippen molar-refractivity contribution in [3.63, 3.8) is 0 Å². The van der Waals surface area contributed by atoms with Crippen LogP contribution in [0, 0.1) is 0 Å². The van der Waals surface area contributed by atoms with Gasteiger partial charge in [0.1, 0.15) is 5.82 Å². The van der Waals surface area contributed by atoms with Crippen LogP contribution in [0.4, 0.5) is 10.9 Å². The Bertz CT molecular complexity index is 850. The van der Waals surface area contributed by atoms with E-state index in [0.717, 1.165) is 10.4 Å². The second-order valence-electron chi connectivity index (χ2n) is 5.14. The Morgan fingerprint density at radius 3 is 2.90 bits per heavy atom. The van der Waals surface area contributed by atoms with Gasteiger partial charge in [0.05, 0.1) is 4.88 Å². The molecule has 4 rings (SSSR count). The summed E-state index contributed by atoms with van der Waals surface area (Å²) in [6, 6.07) is 14.4. The molecule has 0 fully saturated rings. The van der Waals surface area contributed by atoms with Crippen molar-refractivity contribution in [2.75, 3.05) is 11.1 Å². The summed E-state index contributed by atoms with van der Waals surface area (Å²) in [5.74, 6) is 0.632. The van der Waals surface area contributed by atoms with Crippen LogP contribution in [0.5, 0.6) is 0 Å². The molecule has 0 bridgehead atoms. The molecule has 1 atom stereocenters. The Balaban J connectivity index is 1.94. The first-order valence-electron chi connectivity index (χ1n) is 6.76. The quantitative estimate of drug-likeness (QED) is 0.723. The van der Waals surface area contributed by atoms with Crippen LogP contribution in [-0.4, -0.2) is 10.9 Å². The van der Waals surface area contributed by atoms with Crippen LogP contribution in [0.1, 0.15) is 22.8 Å². The lowest BCUT2D eigenvalue weighted by molar-refractivity contribution is -0.116. The van der Waals surface area contributed by atoms with E-state index in [4.69, 9.17) is 5.73 Å². The molecule has 1 aliphatic heterocycles. The fourth-order valence-electron chi connectivity index (χ4n) is 2.94. The molecule has 104 valence electrons. The topological polar surface area (TPSA) is 68.0 Å². The van der Waals surface area contributed by atoms with Gasteiger partial charge in [-0.05, 0) is 16.3 Å². The van der Waals surface area contributed by atoms with Gasteiger partial charge in [0.2, 0.25) is 5.91 Å². The van der Waals surface area contributed by atoms with Gasteiger partial charge in [0.15, 0.2) is 5.13 Å². The number of nitrogens with one attached hydrogen (secondary N) is 1. The van der Waals surface area contributed by atoms with E-state index in [1.54, 1.807) is 0 Å². The zero-order valence-corrected chi connectivity index (χ0v) is 12.0. The molecule has 1 amide bonds. The number of amides is 1. The maximum atomic E-state index is 12.0. The van der Waals surface area contributed by atoms with Gasteiger partial charge < -0.3 is 11.1 Å². The number of hydrogen-bond donors (Lipinski definition) is 2. The summed E-state index contributed by atoms with van der Waals surface area (Å²) in [5.41, 5.74) is 6.97. The number of anilines is 2. The van der Waals surface area contributed by atoms with Gasteiger partial charge in [-0.25, -0.2) is 4.98 Å². The Morgan fingerprint density at radius 1 is 1.19 bits per heavy atom. The lowest BCUT2D eigenvalue weighted by Gasteiger charge is -2.22. The highest BCUT2D eigenvalue weighted by atomic mass is 32.1. The van der Waals surface area contributed by atoms with Gasteiger partial charge in [0, 0.05) is 12.3 Å². The summed E-state index contributed by atoms with van der Waals surface area (Å²) < 4.78 is 0. The molecule has 0 saturated heterocycles. The maximum absolute atomic E-state index is 12.0. The highest BCUT2D eigenvalue weighted by molar-refractivity contribution is 7.16. The fraction of sp³-hybridized carbons (Fsp3) is 0.125. The molecule has 3 aromatic rings. The molecule has 5 heteroatoms. The molecule has 2 heterocycles. The molecule has 2 aromatic carbocycles. The number of nitrogens with zero attached hydrogens (tertiary/aromatic N) is 1. The Labute approximate surface area is 125 Å². The molecule has 4 nitrogen and oxygen atoms in total. The van der Waals surface area contributed by atoms with Crippen molar-refractivity contribution >= 4 is 39.0 Å². The molecule has 0 spiro atoms. The van der Waals surface area contributed by atoms with Crippen molar-refractivity contribution < 1.29 is 4.79 Å². The van der Waals surface area contributed by atoms with Gasteiger partial charge >= 0.3 is 0 Å². The first-order chi connectivity index (χ1) is 10.2. The van der Waals surface area contributed by atoms with E-state index < -0.39 is 0 Å². The summed E-state index contributed by atoms with van der Waals surface area (Å²) in [4.78, 5) is 17.2. The third-order valence-corrected chi connectivity index (χ3v) is 4.83. The van der Waals surface area contributed by atoms with E-state index in [-0.39, 0.29) is 11.8 Å². The third kappa shape index (κ3) is 1.97. The number of nitrogens with two attached hydrogens (primary N) is 1. The Hall–Kier alpha value is -2.40. The lowest BCUT2D eigenvalue weighted by Crippen LogP contribution is -2.22. The van der Waals surface area contributed by atoms with Crippen LogP contribution in [0.3, 0.4) is 0 Å². The van der Waals surface area contributed by atoms with Gasteiger partial charge in [-0.15, -0.1) is 0 Å². The summed E-state index contributed by atoms with van der Waals surface area (Å²) in [6.45, 7) is 0. The predicted octanol–water partition coefficient (Wildman–Crippen LogP) is 3.35. The fourth-order valence-corrected chi connectivity index (χ4v) is 3.85. The van der Waals surface area contributed by atoms with Crippen molar-refractivity contribution in [3.8, 4) is 0 Å². The average molecular weight is 295 g/mol. The standard InChI is InChI=1S/C16H13N3OS/c17-16-19-15-14(21-16)12(8-13(20)18-15)11-7-3-5-9-4-1-2-6-10(9)11/h1-7,12H,8H2,(H2,17,19)(H,18,20)/t12-/m0/s1. The highest BCUT2D eigenvalue weighted by Gasteiger charge is 2.30. The molecule has 3 N–H and O–H groups in total. The second-order valence-corrected chi connectivity index (χ2v) is 6.20. The minimum atomic E-state index is -0.00858. The number of aromatic nitrogens is 1. The molecule has 0 radical (unpaired) electrons. The van der Waals surface area contributed by atoms with Crippen LogP contribution in [0.15, 0.2) is 42.5 Å². The first-order valence-corrected chi connectivity index (χ1v) is 7.58. The monoisotopic (exact) mass is 295 g/mol. The van der Waals surface area contributed by atoms with E-state index in [2.05, 4.69) is 34.6 Å². The van der Waals surface area contributed by atoms with Gasteiger partial charge in [-0.1, -0.05) is 53.8 Å². The van der Waals surface area contributed by atoms with Crippen LogP contribution in [0.2, 0.25) is 0 Å². The summed E-state index contributed by atoms with van der Waals surface area (Å²) in [7, 11) is 0. The van der Waals surface area contributed by atoms with Gasteiger partial charge in [0.25, 0.3) is 0 Å². The average Bonchev–Trinajstić information content (AvgIpc) is 2.86. The van der Waals surface area contributed by atoms with Crippen LogP contribution >= 0.6 is 11.3 Å². The molecular weight excluding hydrogens is 282 g/mol. The van der Waals surface area contributed by atoms with E-state index in [1.807, 2.05) is 18.2 Å². The van der Waals surface area contributed by atoms with Crippen LogP contribution in [-0.2, 0) is 4.79 Å². The molecule has 21 heavy (non-hydrogen) atoms. The molecule has 0 unspecified atom stereocenters. The van der Waals surface area contributed by atoms with Crippen molar-refractivity contribution in [1.82, 2.24) is 4.98 Å². The predicted molar refractivity (Wildman–Crippen MR) is 85.6 cm³/mol. The van der Waals surface area contributed by atoms with Crippen LogP contribution in [0.25, 0.3) is 10.8 Å². The molecule has 0 aliphatic carbocycles. The zero-order chi connectivity index (χ0) is 14.4. The largest absolute Gasteiger partial charge is 0.375 e. The van der Waals surface area contributed by atoms with E-state index in [9.17, 15) is 4.79 Å². The summed E-state index contributed by atoms with van der Waals surface area (Å²) in [5, 5.41) is 5.66. The Morgan fingerprint density at radius 2 is 2.00 bits per heavy atom. The smallest absolute Gasteiger partial charge is 0.226 e. The number of fused-ring (bicyclic) bond motifs is 2. The van der Waals surface area contributed by atoms with E-state index in [1.165, 1.54) is 22.1 Å². The number of carbonyl (C=O) groups is 1. The van der Waals surface area contributed by atoms with Crippen molar-refractivity contribution in [2.24, 2.45) is 0 Å². The number of benzene rings is 2. The number of rotatable bonds is 1. The zero-order valence-electron chi connectivity index (χ0n) is 11.2. The normalized spacial score (nSPS) is 17.5. The third-order valence-electron chi connectivity index (χ3n) is 3.83. The Kier molecular flexibility index (Phi) is 2.68. The number of nitrogen functional groups attached to an aromatic ring is 1. The minimum absolute atomic E-state index is 0.00858. The maximum Gasteiger partial charge on any atom is 0.226 e. The molecule has 0 saturated carbocycles. The molecule has 1 aromatic heterocycles. The molecule has 1 aliphatic rings. The lowest BCUT2D eigenvalue weighted by atomic mass is 9.88. The number of hydrogen-bond acceptors (Lipinski definition) is 4. The second kappa shape index (κ2) is 4.56.